The Morgan fingerprint density at radius 3 is 2.60 bits per heavy atom. The van der Waals surface area contributed by atoms with Crippen LogP contribution in [0, 0.1) is 0 Å². The Balaban J connectivity index is 1.56. The molecule has 0 fully saturated rings. The second-order valence-electron chi connectivity index (χ2n) is 5.23. The molecule has 0 spiro atoms. The number of carbonyl (C=O) groups is 1. The highest BCUT2D eigenvalue weighted by Gasteiger charge is 2.05. The summed E-state index contributed by atoms with van der Waals surface area (Å²) in [7, 11) is 0. The van der Waals surface area contributed by atoms with Gasteiger partial charge in [0.1, 0.15) is 0 Å². The molecular weight excluding hydrogens is 359 g/mol. The van der Waals surface area contributed by atoms with Gasteiger partial charge in [0.15, 0.2) is 0 Å². The summed E-state index contributed by atoms with van der Waals surface area (Å²) in [6.45, 7) is 0.355. The van der Waals surface area contributed by atoms with E-state index in [1.807, 2.05) is 24.3 Å². The maximum atomic E-state index is 11.9. The number of hydrogen-bond donors (Lipinski definition) is 2. The first-order valence-corrected chi connectivity index (χ1v) is 8.22. The summed E-state index contributed by atoms with van der Waals surface area (Å²) in [5.41, 5.74) is 3.23. The maximum Gasteiger partial charge on any atom is 0.319 e. The normalized spacial score (nSPS) is 10.3. The summed E-state index contributed by atoms with van der Waals surface area (Å²) >= 11 is 11.8. The quantitative estimate of drug-likeness (QED) is 0.692. The minimum absolute atomic E-state index is 0.338. The molecule has 0 aliphatic carbocycles. The lowest BCUT2D eigenvalue weighted by Crippen LogP contribution is -2.28. The summed E-state index contributed by atoms with van der Waals surface area (Å²) in [6, 6.07) is 12.2. The SMILES string of the molecule is O=C(NCc1ccc(-c2cccnc2)nc1)Nc1ccc(Cl)c(Cl)c1. The molecule has 2 aromatic heterocycles. The number of rotatable bonds is 4. The maximum absolute atomic E-state index is 11.9. The van der Waals surface area contributed by atoms with E-state index in [1.165, 1.54) is 0 Å². The van der Waals surface area contributed by atoms with Crippen molar-refractivity contribution >= 4 is 34.9 Å². The van der Waals surface area contributed by atoms with Crippen LogP contribution in [0.15, 0.2) is 61.1 Å². The third-order valence-corrected chi connectivity index (χ3v) is 4.15. The minimum atomic E-state index is -0.338. The number of hydrogen-bond acceptors (Lipinski definition) is 3. The largest absolute Gasteiger partial charge is 0.334 e. The van der Waals surface area contributed by atoms with Gasteiger partial charge in [-0.3, -0.25) is 9.97 Å². The van der Waals surface area contributed by atoms with Gasteiger partial charge in [-0.05, 0) is 42.0 Å². The Kier molecular flexibility index (Phi) is 5.48. The monoisotopic (exact) mass is 372 g/mol. The highest BCUT2D eigenvalue weighted by Crippen LogP contribution is 2.24. The summed E-state index contributed by atoms with van der Waals surface area (Å²) < 4.78 is 0. The molecule has 25 heavy (non-hydrogen) atoms. The van der Waals surface area contributed by atoms with Gasteiger partial charge in [0.25, 0.3) is 0 Å². The van der Waals surface area contributed by atoms with Gasteiger partial charge in [-0.1, -0.05) is 29.3 Å². The van der Waals surface area contributed by atoms with Gasteiger partial charge in [-0.25, -0.2) is 4.79 Å². The number of nitrogens with one attached hydrogen (secondary N) is 2. The van der Waals surface area contributed by atoms with E-state index < -0.39 is 0 Å². The van der Waals surface area contributed by atoms with Crippen molar-refractivity contribution < 1.29 is 4.79 Å². The predicted molar refractivity (Wildman–Crippen MR) is 99.8 cm³/mol. The highest BCUT2D eigenvalue weighted by atomic mass is 35.5. The number of carbonyl (C=O) groups excluding carboxylic acids is 1. The molecule has 0 unspecified atom stereocenters. The number of aromatic nitrogens is 2. The molecule has 0 saturated heterocycles. The van der Waals surface area contributed by atoms with Crippen LogP contribution >= 0.6 is 23.2 Å². The van der Waals surface area contributed by atoms with Crippen LogP contribution in [0.5, 0.6) is 0 Å². The zero-order valence-electron chi connectivity index (χ0n) is 13.0. The third kappa shape index (κ3) is 4.68. The van der Waals surface area contributed by atoms with E-state index in [4.69, 9.17) is 23.2 Å². The van der Waals surface area contributed by atoms with Crippen molar-refractivity contribution in [1.82, 2.24) is 15.3 Å². The number of benzene rings is 1. The molecule has 0 saturated carbocycles. The zero-order valence-corrected chi connectivity index (χ0v) is 14.6. The van der Waals surface area contributed by atoms with Crippen molar-refractivity contribution in [3.63, 3.8) is 0 Å². The molecule has 0 radical (unpaired) electrons. The standard InChI is InChI=1S/C18H14Cl2N4O/c19-15-5-4-14(8-16(15)20)24-18(25)23-10-12-3-6-17(22-9-12)13-2-1-7-21-11-13/h1-9,11H,10H2,(H2,23,24,25). The summed E-state index contributed by atoms with van der Waals surface area (Å²) in [6.07, 6.45) is 5.20. The predicted octanol–water partition coefficient (Wildman–Crippen LogP) is 4.77. The molecule has 5 nitrogen and oxygen atoms in total. The Morgan fingerprint density at radius 2 is 1.92 bits per heavy atom. The zero-order chi connectivity index (χ0) is 17.6. The van der Waals surface area contributed by atoms with E-state index in [2.05, 4.69) is 20.6 Å². The Morgan fingerprint density at radius 1 is 1.04 bits per heavy atom. The third-order valence-electron chi connectivity index (χ3n) is 3.41. The molecule has 3 rings (SSSR count). The molecular formula is C18H14Cl2N4O. The molecule has 0 atom stereocenters. The van der Waals surface area contributed by atoms with Crippen molar-refractivity contribution in [2.45, 2.75) is 6.54 Å². The fourth-order valence-electron chi connectivity index (χ4n) is 2.15. The molecule has 0 aliphatic rings. The molecule has 2 heterocycles. The van der Waals surface area contributed by atoms with Gasteiger partial charge >= 0.3 is 6.03 Å². The van der Waals surface area contributed by atoms with E-state index >= 15 is 0 Å². The second-order valence-corrected chi connectivity index (χ2v) is 6.04. The second kappa shape index (κ2) is 7.96. The first-order valence-electron chi connectivity index (χ1n) is 7.47. The van der Waals surface area contributed by atoms with Gasteiger partial charge in [-0.15, -0.1) is 0 Å². The van der Waals surface area contributed by atoms with Crippen LogP contribution in [-0.4, -0.2) is 16.0 Å². The van der Waals surface area contributed by atoms with Crippen LogP contribution < -0.4 is 10.6 Å². The Hall–Kier alpha value is -2.63. The van der Waals surface area contributed by atoms with E-state index in [0.717, 1.165) is 16.8 Å². The van der Waals surface area contributed by atoms with Gasteiger partial charge in [0, 0.05) is 36.4 Å². The number of anilines is 1. The van der Waals surface area contributed by atoms with E-state index in [1.54, 1.807) is 36.8 Å². The number of halogens is 2. The first kappa shape index (κ1) is 17.2. The summed E-state index contributed by atoms with van der Waals surface area (Å²) in [5.74, 6) is 0. The van der Waals surface area contributed by atoms with Crippen LogP contribution in [0.25, 0.3) is 11.3 Å². The van der Waals surface area contributed by atoms with Crippen LogP contribution in [-0.2, 0) is 6.54 Å². The number of urea groups is 1. The van der Waals surface area contributed by atoms with Crippen LogP contribution in [0.4, 0.5) is 10.5 Å². The lowest BCUT2D eigenvalue weighted by atomic mass is 10.1. The lowest BCUT2D eigenvalue weighted by molar-refractivity contribution is 0.251. The molecule has 7 heteroatoms. The minimum Gasteiger partial charge on any atom is -0.334 e. The fourth-order valence-corrected chi connectivity index (χ4v) is 2.44. The molecule has 3 aromatic rings. The molecule has 2 amide bonds. The molecule has 126 valence electrons. The highest BCUT2D eigenvalue weighted by molar-refractivity contribution is 6.42. The molecule has 2 N–H and O–H groups in total. The van der Waals surface area contributed by atoms with Gasteiger partial charge in [0.2, 0.25) is 0 Å². The van der Waals surface area contributed by atoms with Gasteiger partial charge in [0.05, 0.1) is 15.7 Å². The topological polar surface area (TPSA) is 66.9 Å². The van der Waals surface area contributed by atoms with Gasteiger partial charge in [-0.2, -0.15) is 0 Å². The summed E-state index contributed by atoms with van der Waals surface area (Å²) in [5, 5.41) is 6.28. The molecule has 1 aromatic carbocycles. The Labute approximate surface area is 155 Å². The van der Waals surface area contributed by atoms with E-state index in [9.17, 15) is 4.79 Å². The average molecular weight is 373 g/mol. The van der Waals surface area contributed by atoms with E-state index in [-0.39, 0.29) is 6.03 Å². The number of amides is 2. The first-order chi connectivity index (χ1) is 12.1. The fraction of sp³-hybridized carbons (Fsp3) is 0.0556. The number of pyridine rings is 2. The molecule has 0 aliphatic heterocycles. The Bertz CT molecular complexity index is 870. The average Bonchev–Trinajstić information content (AvgIpc) is 2.64. The van der Waals surface area contributed by atoms with Gasteiger partial charge < -0.3 is 10.6 Å². The lowest BCUT2D eigenvalue weighted by Gasteiger charge is -2.09. The van der Waals surface area contributed by atoms with Crippen molar-refractivity contribution in [3.8, 4) is 11.3 Å². The van der Waals surface area contributed by atoms with Crippen LogP contribution in [0.3, 0.4) is 0 Å². The van der Waals surface area contributed by atoms with Crippen molar-refractivity contribution in [1.29, 1.82) is 0 Å². The van der Waals surface area contributed by atoms with Crippen LogP contribution in [0.2, 0.25) is 10.0 Å². The number of nitrogens with zero attached hydrogens (tertiary/aromatic N) is 2. The van der Waals surface area contributed by atoms with E-state index in [0.29, 0.717) is 22.3 Å². The van der Waals surface area contributed by atoms with Crippen LogP contribution in [0.1, 0.15) is 5.56 Å². The van der Waals surface area contributed by atoms with Crippen molar-refractivity contribution in [3.05, 3.63) is 76.7 Å². The summed E-state index contributed by atoms with van der Waals surface area (Å²) in [4.78, 5) is 20.4. The molecule has 0 bridgehead atoms. The van der Waals surface area contributed by atoms with Crippen molar-refractivity contribution in [2.75, 3.05) is 5.32 Å². The smallest absolute Gasteiger partial charge is 0.319 e. The van der Waals surface area contributed by atoms with Crippen molar-refractivity contribution in [2.24, 2.45) is 0 Å².